The quantitative estimate of drug-likeness (QED) is 0.476. The predicted octanol–water partition coefficient (Wildman–Crippen LogP) is 3.76. The highest BCUT2D eigenvalue weighted by atomic mass is 16.5. The van der Waals surface area contributed by atoms with Gasteiger partial charge in [-0.05, 0) is 56.5 Å². The van der Waals surface area contributed by atoms with Crippen LogP contribution in [0.2, 0.25) is 0 Å². The van der Waals surface area contributed by atoms with Crippen LogP contribution < -0.4 is 4.74 Å². The molecular formula is C20H20O7. The van der Waals surface area contributed by atoms with Crippen molar-refractivity contribution in [2.45, 2.75) is 27.7 Å². The number of rotatable bonds is 4. The molecule has 142 valence electrons. The summed E-state index contributed by atoms with van der Waals surface area (Å²) in [5.74, 6) is -3.41. The topological polar surface area (TPSA) is 124 Å². The standard InChI is InChI=1S/C20H20O7/c1-5-9(2)13-8-15(11(4)18(23)17(13)19(24)25)27-20(26)16-10(3)6-12(21)7-14(16)22/h5-8,21-23H,1-4H3,(H,24,25). The van der Waals surface area contributed by atoms with Gasteiger partial charge in [-0.15, -0.1) is 0 Å². The fraction of sp³-hybridized carbons (Fsp3) is 0.200. The molecule has 0 heterocycles. The van der Waals surface area contributed by atoms with Gasteiger partial charge in [-0.2, -0.15) is 0 Å². The fourth-order valence-corrected chi connectivity index (χ4v) is 2.70. The summed E-state index contributed by atoms with van der Waals surface area (Å²) in [5, 5.41) is 39.2. The number of aromatic hydroxyl groups is 3. The molecule has 0 aliphatic carbocycles. The number of allylic oxidation sites excluding steroid dienone is 2. The minimum absolute atomic E-state index is 0.0365. The number of hydrogen-bond acceptors (Lipinski definition) is 6. The minimum Gasteiger partial charge on any atom is -0.508 e. The second kappa shape index (κ2) is 7.41. The second-order valence-electron chi connectivity index (χ2n) is 6.09. The van der Waals surface area contributed by atoms with Gasteiger partial charge in [0, 0.05) is 11.6 Å². The Morgan fingerprint density at radius 3 is 2.19 bits per heavy atom. The summed E-state index contributed by atoms with van der Waals surface area (Å²) in [6.45, 7) is 6.31. The van der Waals surface area contributed by atoms with Gasteiger partial charge < -0.3 is 25.2 Å². The molecule has 0 amide bonds. The van der Waals surface area contributed by atoms with Crippen molar-refractivity contribution in [3.05, 3.63) is 52.1 Å². The highest BCUT2D eigenvalue weighted by Crippen LogP contribution is 2.38. The number of hydrogen-bond donors (Lipinski definition) is 4. The fourth-order valence-electron chi connectivity index (χ4n) is 2.70. The molecule has 0 bridgehead atoms. The third-order valence-electron chi connectivity index (χ3n) is 4.28. The lowest BCUT2D eigenvalue weighted by Gasteiger charge is -2.16. The van der Waals surface area contributed by atoms with Crippen molar-refractivity contribution in [2.75, 3.05) is 0 Å². The molecule has 7 heteroatoms. The summed E-state index contributed by atoms with van der Waals surface area (Å²) >= 11 is 0. The van der Waals surface area contributed by atoms with Crippen molar-refractivity contribution in [1.29, 1.82) is 0 Å². The van der Waals surface area contributed by atoms with Crippen molar-refractivity contribution < 1.29 is 34.8 Å². The molecule has 0 saturated carbocycles. The first-order valence-electron chi connectivity index (χ1n) is 8.06. The monoisotopic (exact) mass is 372 g/mol. The van der Waals surface area contributed by atoms with Gasteiger partial charge in [0.05, 0.1) is 0 Å². The van der Waals surface area contributed by atoms with Crippen LogP contribution in [0.25, 0.3) is 5.57 Å². The summed E-state index contributed by atoms with van der Waals surface area (Å²) in [7, 11) is 0. The van der Waals surface area contributed by atoms with E-state index in [4.69, 9.17) is 4.74 Å². The van der Waals surface area contributed by atoms with E-state index in [2.05, 4.69) is 0 Å². The lowest BCUT2D eigenvalue weighted by Crippen LogP contribution is -2.13. The second-order valence-corrected chi connectivity index (χ2v) is 6.09. The van der Waals surface area contributed by atoms with Crippen LogP contribution >= 0.6 is 0 Å². The Bertz CT molecular complexity index is 948. The third-order valence-corrected chi connectivity index (χ3v) is 4.28. The number of carboxylic acids is 1. The van der Waals surface area contributed by atoms with Gasteiger partial charge >= 0.3 is 11.9 Å². The summed E-state index contributed by atoms with van der Waals surface area (Å²) in [4.78, 5) is 24.1. The summed E-state index contributed by atoms with van der Waals surface area (Å²) in [5.41, 5.74) is 0.729. The van der Waals surface area contributed by atoms with Crippen molar-refractivity contribution >= 4 is 17.5 Å². The first-order valence-corrected chi connectivity index (χ1v) is 8.06. The smallest absolute Gasteiger partial charge is 0.347 e. The zero-order valence-electron chi connectivity index (χ0n) is 15.3. The average molecular weight is 372 g/mol. The third kappa shape index (κ3) is 3.72. The number of esters is 1. The zero-order chi connectivity index (χ0) is 20.5. The van der Waals surface area contributed by atoms with Gasteiger partial charge in [-0.3, -0.25) is 0 Å². The molecule has 0 unspecified atom stereocenters. The number of carboxylic acid groups (broad SMARTS) is 1. The zero-order valence-corrected chi connectivity index (χ0v) is 15.3. The van der Waals surface area contributed by atoms with E-state index in [9.17, 15) is 30.0 Å². The molecule has 2 aromatic rings. The van der Waals surface area contributed by atoms with E-state index in [1.165, 1.54) is 26.0 Å². The van der Waals surface area contributed by atoms with E-state index >= 15 is 0 Å². The Balaban J connectivity index is 2.59. The molecule has 0 aliphatic heterocycles. The largest absolute Gasteiger partial charge is 0.508 e. The summed E-state index contributed by atoms with van der Waals surface area (Å²) in [6.07, 6.45) is 1.66. The van der Waals surface area contributed by atoms with E-state index in [1.807, 2.05) is 0 Å². The van der Waals surface area contributed by atoms with Gasteiger partial charge in [0.25, 0.3) is 0 Å². The van der Waals surface area contributed by atoms with Gasteiger partial charge in [0.2, 0.25) is 0 Å². The maximum atomic E-state index is 12.5. The number of phenols is 3. The lowest BCUT2D eigenvalue weighted by molar-refractivity contribution is 0.0692. The van der Waals surface area contributed by atoms with Crippen LogP contribution in [0.15, 0.2) is 24.3 Å². The molecule has 2 aromatic carbocycles. The van der Waals surface area contributed by atoms with Gasteiger partial charge in [-0.1, -0.05) is 6.08 Å². The van der Waals surface area contributed by atoms with Crippen LogP contribution in [0.5, 0.6) is 23.0 Å². The van der Waals surface area contributed by atoms with Gasteiger partial charge in [0.15, 0.2) is 0 Å². The number of aryl methyl sites for hydroxylation is 1. The molecule has 0 saturated heterocycles. The molecule has 0 aliphatic rings. The molecule has 4 N–H and O–H groups in total. The highest BCUT2D eigenvalue weighted by molar-refractivity contribution is 5.99. The van der Waals surface area contributed by atoms with Crippen molar-refractivity contribution in [2.24, 2.45) is 0 Å². The number of aromatic carboxylic acids is 1. The van der Waals surface area contributed by atoms with Crippen LogP contribution in [0, 0.1) is 13.8 Å². The number of phenolic OH excluding ortho intramolecular Hbond substituents is 2. The Labute approximate surface area is 155 Å². The normalized spacial score (nSPS) is 11.3. The number of carbonyl (C=O) groups is 2. The van der Waals surface area contributed by atoms with Crippen molar-refractivity contribution in [1.82, 2.24) is 0 Å². The summed E-state index contributed by atoms with van der Waals surface area (Å²) < 4.78 is 5.32. The Morgan fingerprint density at radius 2 is 1.67 bits per heavy atom. The number of benzene rings is 2. The maximum Gasteiger partial charge on any atom is 0.347 e. The Morgan fingerprint density at radius 1 is 1.04 bits per heavy atom. The highest BCUT2D eigenvalue weighted by Gasteiger charge is 2.24. The summed E-state index contributed by atoms with van der Waals surface area (Å²) in [6, 6.07) is 3.67. The van der Waals surface area contributed by atoms with Crippen LogP contribution in [0.1, 0.15) is 51.3 Å². The molecule has 27 heavy (non-hydrogen) atoms. The van der Waals surface area contributed by atoms with E-state index in [1.54, 1.807) is 19.9 Å². The molecular weight excluding hydrogens is 352 g/mol. The van der Waals surface area contributed by atoms with E-state index in [0.29, 0.717) is 11.1 Å². The van der Waals surface area contributed by atoms with Crippen LogP contribution in [0.3, 0.4) is 0 Å². The minimum atomic E-state index is -1.31. The lowest BCUT2D eigenvalue weighted by atomic mass is 9.96. The average Bonchev–Trinajstić information content (AvgIpc) is 2.56. The molecule has 0 fully saturated rings. The van der Waals surface area contributed by atoms with Gasteiger partial charge in [-0.25, -0.2) is 9.59 Å². The Hall–Kier alpha value is -3.48. The number of ether oxygens (including phenoxy) is 1. The van der Waals surface area contributed by atoms with Crippen LogP contribution in [-0.2, 0) is 0 Å². The molecule has 0 aromatic heterocycles. The first-order chi connectivity index (χ1) is 12.6. The maximum absolute atomic E-state index is 12.5. The van der Waals surface area contributed by atoms with E-state index in [-0.39, 0.29) is 33.8 Å². The van der Waals surface area contributed by atoms with E-state index < -0.39 is 23.4 Å². The SMILES string of the molecule is CC=C(C)c1cc(OC(=O)c2c(C)cc(O)cc2O)c(C)c(O)c1C(=O)O. The first kappa shape index (κ1) is 19.8. The van der Waals surface area contributed by atoms with Crippen LogP contribution in [-0.4, -0.2) is 32.4 Å². The van der Waals surface area contributed by atoms with Crippen molar-refractivity contribution in [3.8, 4) is 23.0 Å². The van der Waals surface area contributed by atoms with Crippen molar-refractivity contribution in [3.63, 3.8) is 0 Å². The molecule has 2 rings (SSSR count). The van der Waals surface area contributed by atoms with Crippen LogP contribution in [0.4, 0.5) is 0 Å². The van der Waals surface area contributed by atoms with Gasteiger partial charge in [0.1, 0.15) is 34.1 Å². The molecule has 0 radical (unpaired) electrons. The molecule has 0 spiro atoms. The van der Waals surface area contributed by atoms with E-state index in [0.717, 1.165) is 6.07 Å². The number of carbonyl (C=O) groups excluding carboxylic acids is 1. The molecule has 0 atom stereocenters. The molecule has 7 nitrogen and oxygen atoms in total. The predicted molar refractivity (Wildman–Crippen MR) is 98.6 cm³/mol. The Kier molecular flexibility index (Phi) is 5.44.